The van der Waals surface area contributed by atoms with Gasteiger partial charge in [-0.2, -0.15) is 0 Å². The zero-order chi connectivity index (χ0) is 12.5. The van der Waals surface area contributed by atoms with Crippen molar-refractivity contribution in [3.63, 3.8) is 0 Å². The van der Waals surface area contributed by atoms with Gasteiger partial charge in [-0.25, -0.2) is 4.98 Å². The Labute approximate surface area is 108 Å². The number of hydrogen-bond acceptors (Lipinski definition) is 5. The quantitative estimate of drug-likeness (QED) is 0.733. The highest BCUT2D eigenvalue weighted by Crippen LogP contribution is 2.27. The first kappa shape index (κ1) is 11.3. The summed E-state index contributed by atoms with van der Waals surface area (Å²) in [6.45, 7) is 0.723. The lowest BCUT2D eigenvalue weighted by molar-refractivity contribution is -0.119. The molecular formula is C12H14N4OS. The molecule has 1 amide bonds. The van der Waals surface area contributed by atoms with Crippen LogP contribution in [0.5, 0.6) is 0 Å². The molecule has 1 aliphatic heterocycles. The van der Waals surface area contributed by atoms with Gasteiger partial charge in [-0.05, 0) is 24.6 Å². The zero-order valence-corrected chi connectivity index (χ0v) is 10.6. The fraction of sp³-hybridized carbons (Fsp3) is 0.333. The molecule has 0 saturated carbocycles. The first-order valence-electron chi connectivity index (χ1n) is 5.90. The summed E-state index contributed by atoms with van der Waals surface area (Å²) in [6, 6.07) is 5.91. The molecule has 0 bridgehead atoms. The van der Waals surface area contributed by atoms with Crippen molar-refractivity contribution >= 4 is 38.3 Å². The number of benzene rings is 1. The highest BCUT2D eigenvalue weighted by Gasteiger charge is 2.20. The molecule has 1 aromatic heterocycles. The molecule has 5 nitrogen and oxygen atoms in total. The number of nitrogens with two attached hydrogens (primary N) is 1. The summed E-state index contributed by atoms with van der Waals surface area (Å²) >= 11 is 1.58. The number of fused-ring (bicyclic) bond motifs is 1. The molecule has 1 aliphatic rings. The Morgan fingerprint density at radius 1 is 1.56 bits per heavy atom. The van der Waals surface area contributed by atoms with Crippen LogP contribution in [0.15, 0.2) is 18.2 Å². The molecule has 3 rings (SSSR count). The van der Waals surface area contributed by atoms with Gasteiger partial charge in [0.25, 0.3) is 0 Å². The summed E-state index contributed by atoms with van der Waals surface area (Å²) in [5.41, 5.74) is 7.43. The van der Waals surface area contributed by atoms with E-state index in [2.05, 4.69) is 15.6 Å². The van der Waals surface area contributed by atoms with Crippen molar-refractivity contribution in [2.45, 2.75) is 18.9 Å². The van der Waals surface area contributed by atoms with E-state index < -0.39 is 0 Å². The normalized spacial score (nSPS) is 19.1. The maximum absolute atomic E-state index is 11.1. The average Bonchev–Trinajstić information content (AvgIpc) is 2.92. The standard InChI is InChI=1S/C12H14N4OS/c13-7-1-3-9-10(5-7)18-12(16-9)14-6-8-2-4-11(17)15-8/h1,3,5,8H,2,4,6,13H2,(H,14,16)(H,15,17). The zero-order valence-electron chi connectivity index (χ0n) is 9.77. The lowest BCUT2D eigenvalue weighted by atomic mass is 10.2. The molecule has 2 heterocycles. The number of carbonyl (C=O) groups excluding carboxylic acids is 1. The molecule has 94 valence electrons. The summed E-state index contributed by atoms with van der Waals surface area (Å²) in [6.07, 6.45) is 1.52. The van der Waals surface area contributed by atoms with Crippen LogP contribution < -0.4 is 16.4 Å². The lowest BCUT2D eigenvalue weighted by Crippen LogP contribution is -2.31. The lowest BCUT2D eigenvalue weighted by Gasteiger charge is -2.09. The van der Waals surface area contributed by atoms with Crippen molar-refractivity contribution in [2.24, 2.45) is 0 Å². The smallest absolute Gasteiger partial charge is 0.220 e. The minimum Gasteiger partial charge on any atom is -0.399 e. The molecule has 2 aromatic rings. The van der Waals surface area contributed by atoms with Crippen LogP contribution in [0.1, 0.15) is 12.8 Å². The molecule has 1 aromatic carbocycles. The van der Waals surface area contributed by atoms with Crippen molar-refractivity contribution in [1.82, 2.24) is 10.3 Å². The van der Waals surface area contributed by atoms with E-state index in [1.807, 2.05) is 18.2 Å². The molecule has 0 aliphatic carbocycles. The van der Waals surface area contributed by atoms with Crippen LogP contribution in [0, 0.1) is 0 Å². The van der Waals surface area contributed by atoms with Gasteiger partial charge in [0.1, 0.15) is 0 Å². The Kier molecular flexibility index (Phi) is 2.79. The van der Waals surface area contributed by atoms with Crippen LogP contribution in [-0.4, -0.2) is 23.5 Å². The number of hydrogen-bond donors (Lipinski definition) is 3. The summed E-state index contributed by atoms with van der Waals surface area (Å²) in [7, 11) is 0. The van der Waals surface area contributed by atoms with Crippen LogP contribution in [0.4, 0.5) is 10.8 Å². The Morgan fingerprint density at radius 3 is 3.22 bits per heavy atom. The summed E-state index contributed by atoms with van der Waals surface area (Å²) in [5.74, 6) is 0.138. The number of nitrogens with zero attached hydrogens (tertiary/aromatic N) is 1. The number of aromatic nitrogens is 1. The van der Waals surface area contributed by atoms with Gasteiger partial charge in [0.15, 0.2) is 5.13 Å². The number of anilines is 2. The van der Waals surface area contributed by atoms with E-state index in [0.29, 0.717) is 6.42 Å². The molecule has 0 radical (unpaired) electrons. The van der Waals surface area contributed by atoms with Gasteiger partial charge < -0.3 is 16.4 Å². The van der Waals surface area contributed by atoms with E-state index >= 15 is 0 Å². The number of amides is 1. The van der Waals surface area contributed by atoms with Gasteiger partial charge in [0.05, 0.1) is 10.2 Å². The summed E-state index contributed by atoms with van der Waals surface area (Å²) in [4.78, 5) is 15.6. The predicted molar refractivity (Wildman–Crippen MR) is 73.7 cm³/mol. The summed E-state index contributed by atoms with van der Waals surface area (Å²) in [5, 5.41) is 7.06. The second-order valence-electron chi connectivity index (χ2n) is 4.43. The number of carbonyl (C=O) groups is 1. The Morgan fingerprint density at radius 2 is 2.44 bits per heavy atom. The van der Waals surface area contributed by atoms with E-state index in [9.17, 15) is 4.79 Å². The number of thiazole rings is 1. The predicted octanol–water partition coefficient (Wildman–Crippen LogP) is 1.57. The Hall–Kier alpha value is -1.82. The second kappa shape index (κ2) is 4.45. The molecule has 1 unspecified atom stereocenters. The Balaban J connectivity index is 1.69. The number of nitrogens with one attached hydrogen (secondary N) is 2. The average molecular weight is 262 g/mol. The third-order valence-electron chi connectivity index (χ3n) is 3.00. The maximum atomic E-state index is 11.1. The monoisotopic (exact) mass is 262 g/mol. The van der Waals surface area contributed by atoms with Gasteiger partial charge in [-0.15, -0.1) is 0 Å². The van der Waals surface area contributed by atoms with Crippen LogP contribution >= 0.6 is 11.3 Å². The van der Waals surface area contributed by atoms with Crippen LogP contribution in [0.3, 0.4) is 0 Å². The van der Waals surface area contributed by atoms with Gasteiger partial charge >= 0.3 is 0 Å². The van der Waals surface area contributed by atoms with Crippen LogP contribution in [0.2, 0.25) is 0 Å². The van der Waals surface area contributed by atoms with Crippen molar-refractivity contribution in [3.05, 3.63) is 18.2 Å². The fourth-order valence-electron chi connectivity index (χ4n) is 2.06. The number of nitrogen functional groups attached to an aromatic ring is 1. The maximum Gasteiger partial charge on any atom is 0.220 e. The molecule has 1 fully saturated rings. The topological polar surface area (TPSA) is 80.0 Å². The largest absolute Gasteiger partial charge is 0.399 e. The van der Waals surface area contributed by atoms with E-state index in [-0.39, 0.29) is 11.9 Å². The molecule has 0 spiro atoms. The van der Waals surface area contributed by atoms with Gasteiger partial charge in [0.2, 0.25) is 5.91 Å². The third-order valence-corrected chi connectivity index (χ3v) is 3.97. The fourth-order valence-corrected chi connectivity index (χ4v) is 2.98. The first-order chi connectivity index (χ1) is 8.70. The van der Waals surface area contributed by atoms with Crippen molar-refractivity contribution in [2.75, 3.05) is 17.6 Å². The van der Waals surface area contributed by atoms with E-state index in [0.717, 1.165) is 34.0 Å². The molecule has 6 heteroatoms. The third kappa shape index (κ3) is 2.24. The minimum atomic E-state index is 0.138. The van der Waals surface area contributed by atoms with Crippen molar-refractivity contribution in [1.29, 1.82) is 0 Å². The molecule has 4 N–H and O–H groups in total. The first-order valence-corrected chi connectivity index (χ1v) is 6.72. The Bertz CT molecular complexity index is 595. The van der Waals surface area contributed by atoms with E-state index in [1.165, 1.54) is 0 Å². The molecular weight excluding hydrogens is 248 g/mol. The van der Waals surface area contributed by atoms with E-state index in [4.69, 9.17) is 5.73 Å². The van der Waals surface area contributed by atoms with Crippen LogP contribution in [0.25, 0.3) is 10.2 Å². The molecule has 1 saturated heterocycles. The van der Waals surface area contributed by atoms with Gasteiger partial charge in [-0.3, -0.25) is 4.79 Å². The number of rotatable bonds is 3. The van der Waals surface area contributed by atoms with Gasteiger partial charge in [0, 0.05) is 24.7 Å². The van der Waals surface area contributed by atoms with Crippen molar-refractivity contribution < 1.29 is 4.79 Å². The SMILES string of the molecule is Nc1ccc2nc(NCC3CCC(=O)N3)sc2c1. The second-order valence-corrected chi connectivity index (χ2v) is 5.46. The minimum absolute atomic E-state index is 0.138. The molecule has 18 heavy (non-hydrogen) atoms. The molecule has 1 atom stereocenters. The highest BCUT2D eigenvalue weighted by molar-refractivity contribution is 7.22. The van der Waals surface area contributed by atoms with E-state index in [1.54, 1.807) is 11.3 Å². The summed E-state index contributed by atoms with van der Waals surface area (Å²) < 4.78 is 1.08. The highest BCUT2D eigenvalue weighted by atomic mass is 32.1. The van der Waals surface area contributed by atoms with Crippen molar-refractivity contribution in [3.8, 4) is 0 Å². The van der Waals surface area contributed by atoms with Crippen LogP contribution in [-0.2, 0) is 4.79 Å². The van der Waals surface area contributed by atoms with Gasteiger partial charge in [-0.1, -0.05) is 11.3 Å².